The van der Waals surface area contributed by atoms with E-state index in [0.717, 1.165) is 25.7 Å². The second-order valence-corrected chi connectivity index (χ2v) is 5.93. The van der Waals surface area contributed by atoms with Crippen LogP contribution in [0.15, 0.2) is 24.3 Å². The lowest BCUT2D eigenvalue weighted by atomic mass is 9.67. The van der Waals surface area contributed by atoms with Crippen molar-refractivity contribution in [1.29, 1.82) is 0 Å². The molecule has 20 heavy (non-hydrogen) atoms. The number of carbonyl (C=O) groups excluding carboxylic acids is 1. The van der Waals surface area contributed by atoms with Crippen molar-refractivity contribution in [2.75, 3.05) is 13.2 Å². The van der Waals surface area contributed by atoms with E-state index in [1.807, 2.05) is 31.2 Å². The molecule has 2 rings (SSSR count). The van der Waals surface area contributed by atoms with Crippen molar-refractivity contribution >= 4 is 5.78 Å². The van der Waals surface area contributed by atoms with Gasteiger partial charge in [0.1, 0.15) is 5.75 Å². The van der Waals surface area contributed by atoms with Gasteiger partial charge in [-0.15, -0.1) is 0 Å². The first kappa shape index (κ1) is 15.0. The summed E-state index contributed by atoms with van der Waals surface area (Å²) in [5.41, 5.74) is 6.28. The summed E-state index contributed by atoms with van der Waals surface area (Å²) in [7, 11) is 0. The summed E-state index contributed by atoms with van der Waals surface area (Å²) < 4.78 is 5.60. The van der Waals surface area contributed by atoms with Gasteiger partial charge in [-0.1, -0.05) is 19.1 Å². The Morgan fingerprint density at radius 1 is 1.35 bits per heavy atom. The molecule has 0 atom stereocenters. The summed E-state index contributed by atoms with van der Waals surface area (Å²) in [4.78, 5) is 13.0. The number of hydrogen-bond acceptors (Lipinski definition) is 3. The minimum Gasteiger partial charge on any atom is -0.493 e. The Labute approximate surface area is 121 Å². The average molecular weight is 275 g/mol. The number of hydrogen-bond donors (Lipinski definition) is 1. The minimum absolute atomic E-state index is 0.163. The van der Waals surface area contributed by atoms with E-state index >= 15 is 0 Å². The number of carbonyl (C=O) groups is 1. The number of benzene rings is 1. The van der Waals surface area contributed by atoms with E-state index in [9.17, 15) is 4.79 Å². The molecule has 0 spiro atoms. The van der Waals surface area contributed by atoms with Gasteiger partial charge in [-0.05, 0) is 50.7 Å². The van der Waals surface area contributed by atoms with Crippen molar-refractivity contribution in [3.63, 3.8) is 0 Å². The van der Waals surface area contributed by atoms with Crippen molar-refractivity contribution in [1.82, 2.24) is 0 Å². The maximum atomic E-state index is 13.0. The van der Waals surface area contributed by atoms with Crippen molar-refractivity contribution in [3.05, 3.63) is 29.8 Å². The molecule has 1 saturated carbocycles. The fourth-order valence-electron chi connectivity index (χ4n) is 3.06. The van der Waals surface area contributed by atoms with Crippen LogP contribution in [0, 0.1) is 11.3 Å². The van der Waals surface area contributed by atoms with E-state index in [2.05, 4.69) is 6.92 Å². The first-order valence-electron chi connectivity index (χ1n) is 7.59. The highest BCUT2D eigenvalue weighted by Crippen LogP contribution is 2.41. The van der Waals surface area contributed by atoms with E-state index in [4.69, 9.17) is 10.5 Å². The SMILES string of the molecule is CCOc1ccccc1C(=O)C1(CN)CCC(C)CC1. The Kier molecular flexibility index (Phi) is 4.81. The van der Waals surface area contributed by atoms with E-state index in [1.165, 1.54) is 0 Å². The number of rotatable bonds is 5. The highest BCUT2D eigenvalue weighted by Gasteiger charge is 2.41. The summed E-state index contributed by atoms with van der Waals surface area (Å²) >= 11 is 0. The molecule has 0 bridgehead atoms. The highest BCUT2D eigenvalue weighted by molar-refractivity contribution is 6.03. The van der Waals surface area contributed by atoms with Gasteiger partial charge in [0.15, 0.2) is 5.78 Å². The molecule has 2 N–H and O–H groups in total. The van der Waals surface area contributed by atoms with Crippen LogP contribution in [0.2, 0.25) is 0 Å². The fraction of sp³-hybridized carbons (Fsp3) is 0.588. The first-order chi connectivity index (χ1) is 9.63. The van der Waals surface area contributed by atoms with E-state index < -0.39 is 0 Å². The lowest BCUT2D eigenvalue weighted by Crippen LogP contribution is -2.41. The van der Waals surface area contributed by atoms with Gasteiger partial charge in [-0.2, -0.15) is 0 Å². The Morgan fingerprint density at radius 2 is 2.00 bits per heavy atom. The molecular formula is C17H25NO2. The Morgan fingerprint density at radius 3 is 2.60 bits per heavy atom. The van der Waals surface area contributed by atoms with E-state index in [0.29, 0.717) is 30.4 Å². The second kappa shape index (κ2) is 6.40. The van der Waals surface area contributed by atoms with Crippen LogP contribution < -0.4 is 10.5 Å². The summed E-state index contributed by atoms with van der Waals surface area (Å²) in [5.74, 6) is 1.55. The molecule has 110 valence electrons. The van der Waals surface area contributed by atoms with Crippen LogP contribution in [0.25, 0.3) is 0 Å². The van der Waals surface area contributed by atoms with Gasteiger partial charge < -0.3 is 10.5 Å². The van der Waals surface area contributed by atoms with Crippen molar-refractivity contribution in [3.8, 4) is 5.75 Å². The molecule has 1 aliphatic rings. The smallest absolute Gasteiger partial charge is 0.173 e. The maximum Gasteiger partial charge on any atom is 0.173 e. The van der Waals surface area contributed by atoms with Crippen LogP contribution in [-0.4, -0.2) is 18.9 Å². The van der Waals surface area contributed by atoms with Crippen LogP contribution in [-0.2, 0) is 0 Å². The monoisotopic (exact) mass is 275 g/mol. The molecule has 3 nitrogen and oxygen atoms in total. The molecule has 1 fully saturated rings. The molecule has 0 radical (unpaired) electrons. The molecule has 0 aliphatic heterocycles. The highest BCUT2D eigenvalue weighted by atomic mass is 16.5. The molecule has 0 aromatic heterocycles. The lowest BCUT2D eigenvalue weighted by Gasteiger charge is -2.37. The molecule has 3 heteroatoms. The van der Waals surface area contributed by atoms with Gasteiger partial charge in [0, 0.05) is 12.0 Å². The first-order valence-corrected chi connectivity index (χ1v) is 7.59. The van der Waals surface area contributed by atoms with Gasteiger partial charge in [-0.3, -0.25) is 4.79 Å². The van der Waals surface area contributed by atoms with Gasteiger partial charge in [0.05, 0.1) is 12.2 Å². The van der Waals surface area contributed by atoms with Crippen LogP contribution in [0.5, 0.6) is 5.75 Å². The van der Waals surface area contributed by atoms with Crippen LogP contribution >= 0.6 is 0 Å². The number of nitrogens with two attached hydrogens (primary N) is 1. The van der Waals surface area contributed by atoms with Gasteiger partial charge in [-0.25, -0.2) is 0 Å². The number of Topliss-reactive ketones (excluding diaryl/α,β-unsaturated/α-hetero) is 1. The molecule has 0 unspecified atom stereocenters. The Hall–Kier alpha value is -1.35. The third-order valence-corrected chi connectivity index (χ3v) is 4.54. The molecule has 0 saturated heterocycles. The fourth-order valence-corrected chi connectivity index (χ4v) is 3.06. The normalized spacial score (nSPS) is 26.2. The predicted molar refractivity (Wildman–Crippen MR) is 81.1 cm³/mol. The predicted octanol–water partition coefficient (Wildman–Crippen LogP) is 3.42. The summed E-state index contributed by atoms with van der Waals surface area (Å²) in [5, 5.41) is 0. The standard InChI is InChI=1S/C17H25NO2/c1-3-20-15-7-5-4-6-14(15)16(19)17(12-18)10-8-13(2)9-11-17/h4-7,13H,3,8-12,18H2,1-2H3. The summed E-state index contributed by atoms with van der Waals surface area (Å²) in [6.45, 7) is 5.18. The minimum atomic E-state index is -0.389. The molecule has 0 amide bonds. The second-order valence-electron chi connectivity index (χ2n) is 5.93. The molecule has 0 heterocycles. The quantitative estimate of drug-likeness (QED) is 0.838. The Balaban J connectivity index is 2.29. The largest absolute Gasteiger partial charge is 0.493 e. The summed E-state index contributed by atoms with van der Waals surface area (Å²) in [6, 6.07) is 7.53. The van der Waals surface area contributed by atoms with E-state index in [1.54, 1.807) is 0 Å². The number of para-hydroxylation sites is 1. The van der Waals surface area contributed by atoms with Crippen LogP contribution in [0.4, 0.5) is 0 Å². The summed E-state index contributed by atoms with van der Waals surface area (Å²) in [6.07, 6.45) is 3.95. The van der Waals surface area contributed by atoms with E-state index in [-0.39, 0.29) is 11.2 Å². The topological polar surface area (TPSA) is 52.3 Å². The maximum absolute atomic E-state index is 13.0. The van der Waals surface area contributed by atoms with Gasteiger partial charge in [0.25, 0.3) is 0 Å². The molecule has 1 aromatic rings. The molecular weight excluding hydrogens is 250 g/mol. The third-order valence-electron chi connectivity index (χ3n) is 4.54. The lowest BCUT2D eigenvalue weighted by molar-refractivity contribution is 0.0691. The zero-order valence-electron chi connectivity index (χ0n) is 12.5. The molecule has 1 aromatic carbocycles. The molecule has 1 aliphatic carbocycles. The number of ether oxygens (including phenoxy) is 1. The van der Waals surface area contributed by atoms with Crippen molar-refractivity contribution < 1.29 is 9.53 Å². The van der Waals surface area contributed by atoms with Gasteiger partial charge >= 0.3 is 0 Å². The zero-order chi connectivity index (χ0) is 14.6. The van der Waals surface area contributed by atoms with Gasteiger partial charge in [0.2, 0.25) is 0 Å². The van der Waals surface area contributed by atoms with Crippen molar-refractivity contribution in [2.45, 2.75) is 39.5 Å². The number of ketones is 1. The van der Waals surface area contributed by atoms with Crippen molar-refractivity contribution in [2.24, 2.45) is 17.1 Å². The average Bonchev–Trinajstić information content (AvgIpc) is 2.49. The zero-order valence-corrected chi connectivity index (χ0v) is 12.5. The van der Waals surface area contributed by atoms with Crippen LogP contribution in [0.1, 0.15) is 49.9 Å². The Bertz CT molecular complexity index is 462. The van der Waals surface area contributed by atoms with Crippen LogP contribution in [0.3, 0.4) is 0 Å². The third kappa shape index (κ3) is 2.88.